The molecule has 3 aromatic rings. The lowest BCUT2D eigenvalue weighted by Crippen LogP contribution is -2.00. The Kier molecular flexibility index (Phi) is 4.15. The van der Waals surface area contributed by atoms with Crippen molar-refractivity contribution in [2.24, 2.45) is 0 Å². The van der Waals surface area contributed by atoms with E-state index in [1.807, 2.05) is 48.5 Å². The Balaban J connectivity index is 2.01. The second kappa shape index (κ2) is 6.26. The average molecular weight is 338 g/mol. The number of nitrogens with one attached hydrogen (secondary N) is 1. The van der Waals surface area contributed by atoms with E-state index in [1.165, 1.54) is 6.26 Å². The van der Waals surface area contributed by atoms with E-state index < -0.39 is 9.84 Å². The molecule has 6 nitrogen and oxygen atoms in total. The van der Waals surface area contributed by atoms with Gasteiger partial charge in [-0.05, 0) is 22.8 Å². The number of H-pyrrole nitrogens is 1. The van der Waals surface area contributed by atoms with E-state index in [2.05, 4.69) is 15.4 Å². The molecule has 1 aromatic heterocycles. The molecule has 0 radical (unpaired) electrons. The number of sulfone groups is 1. The first kappa shape index (κ1) is 15.9. The highest BCUT2D eigenvalue weighted by Crippen LogP contribution is 2.27. The summed E-state index contributed by atoms with van der Waals surface area (Å²) in [5.74, 6) is 0.00238. The van der Waals surface area contributed by atoms with Crippen LogP contribution in [0, 0.1) is 11.3 Å². The van der Waals surface area contributed by atoms with E-state index in [4.69, 9.17) is 5.26 Å². The number of aromatic nitrogens is 3. The molecule has 0 amide bonds. The molecule has 1 heterocycles. The van der Waals surface area contributed by atoms with Crippen molar-refractivity contribution in [1.82, 2.24) is 15.4 Å². The van der Waals surface area contributed by atoms with Crippen LogP contribution in [0.15, 0.2) is 48.5 Å². The van der Waals surface area contributed by atoms with Crippen LogP contribution in [0.25, 0.3) is 22.4 Å². The molecule has 0 saturated heterocycles. The lowest BCUT2D eigenvalue weighted by Gasteiger charge is -2.07. The molecule has 0 aliphatic carbocycles. The summed E-state index contributed by atoms with van der Waals surface area (Å²) in [5.41, 5.74) is 4.05. The molecular formula is C17H14N4O2S. The second-order valence-corrected chi connectivity index (χ2v) is 7.62. The minimum Gasteiger partial charge on any atom is -0.229 e. The molecule has 0 spiro atoms. The lowest BCUT2D eigenvalue weighted by molar-refractivity contribution is 0.601. The van der Waals surface area contributed by atoms with E-state index in [0.717, 1.165) is 22.3 Å². The minimum atomic E-state index is -3.09. The van der Waals surface area contributed by atoms with Crippen LogP contribution in [0.5, 0.6) is 0 Å². The molecule has 3 rings (SSSR count). The summed E-state index contributed by atoms with van der Waals surface area (Å²) >= 11 is 0. The van der Waals surface area contributed by atoms with Crippen molar-refractivity contribution in [2.75, 3.05) is 6.26 Å². The van der Waals surface area contributed by atoms with Gasteiger partial charge in [0.15, 0.2) is 15.5 Å². The molecule has 0 saturated carbocycles. The summed E-state index contributed by atoms with van der Waals surface area (Å²) in [6.45, 7) is 0. The van der Waals surface area contributed by atoms with Crippen LogP contribution in [0.2, 0.25) is 0 Å². The summed E-state index contributed by atoms with van der Waals surface area (Å²) in [7, 11) is -3.09. The van der Waals surface area contributed by atoms with Gasteiger partial charge < -0.3 is 0 Å². The molecule has 24 heavy (non-hydrogen) atoms. The van der Waals surface area contributed by atoms with Crippen LogP contribution in [0.3, 0.4) is 0 Å². The monoisotopic (exact) mass is 338 g/mol. The molecular weight excluding hydrogens is 324 g/mol. The van der Waals surface area contributed by atoms with Crippen LogP contribution in [-0.4, -0.2) is 30.1 Å². The van der Waals surface area contributed by atoms with Gasteiger partial charge in [-0.25, -0.2) is 8.42 Å². The van der Waals surface area contributed by atoms with E-state index in [0.29, 0.717) is 5.69 Å². The maximum absolute atomic E-state index is 11.5. The Morgan fingerprint density at radius 2 is 1.71 bits per heavy atom. The van der Waals surface area contributed by atoms with Crippen molar-refractivity contribution >= 4 is 9.84 Å². The molecule has 0 aliphatic rings. The Morgan fingerprint density at radius 3 is 2.42 bits per heavy atom. The zero-order chi connectivity index (χ0) is 17.2. The van der Waals surface area contributed by atoms with Gasteiger partial charge >= 0.3 is 0 Å². The highest BCUT2D eigenvalue weighted by Gasteiger charge is 2.11. The fourth-order valence-electron chi connectivity index (χ4n) is 2.50. The third kappa shape index (κ3) is 3.50. The highest BCUT2D eigenvalue weighted by atomic mass is 32.2. The Morgan fingerprint density at radius 1 is 1.04 bits per heavy atom. The predicted octanol–water partition coefficient (Wildman–Crippen LogP) is 2.55. The van der Waals surface area contributed by atoms with Crippen molar-refractivity contribution < 1.29 is 8.42 Å². The largest absolute Gasteiger partial charge is 0.229 e. The minimum absolute atomic E-state index is 0.00238. The van der Waals surface area contributed by atoms with Gasteiger partial charge in [0.05, 0.1) is 5.75 Å². The standard InChI is InChI=1S/C17H14N4O2S/c1-24(22,23)11-12-4-2-5-13(8-12)14-6-3-7-15(9-14)17-16(10-18)19-21-20-17/h2-9H,11H2,1H3,(H,19,20,21). The van der Waals surface area contributed by atoms with Crippen LogP contribution in [-0.2, 0) is 15.6 Å². The number of rotatable bonds is 4. The summed E-state index contributed by atoms with van der Waals surface area (Å²) in [6.07, 6.45) is 1.22. The molecule has 0 aliphatic heterocycles. The van der Waals surface area contributed by atoms with E-state index in [1.54, 1.807) is 6.07 Å². The first-order valence-corrected chi connectivity index (χ1v) is 9.21. The smallest absolute Gasteiger partial charge is 0.190 e. The summed E-state index contributed by atoms with van der Waals surface area (Å²) in [4.78, 5) is 0. The van der Waals surface area contributed by atoms with Gasteiger partial charge in [0.25, 0.3) is 0 Å². The Bertz CT molecular complexity index is 1030. The van der Waals surface area contributed by atoms with Gasteiger partial charge in [0.2, 0.25) is 0 Å². The van der Waals surface area contributed by atoms with Gasteiger partial charge in [-0.3, -0.25) is 0 Å². The molecule has 7 heteroatoms. The van der Waals surface area contributed by atoms with Crippen LogP contribution in [0.1, 0.15) is 11.3 Å². The van der Waals surface area contributed by atoms with Crippen LogP contribution < -0.4 is 0 Å². The van der Waals surface area contributed by atoms with Crippen molar-refractivity contribution in [3.05, 3.63) is 59.8 Å². The van der Waals surface area contributed by atoms with Gasteiger partial charge in [-0.15, -0.1) is 5.10 Å². The van der Waals surface area contributed by atoms with Gasteiger partial charge in [-0.2, -0.15) is 15.6 Å². The molecule has 0 atom stereocenters. The molecule has 2 aromatic carbocycles. The summed E-state index contributed by atoms with van der Waals surface area (Å²) in [5, 5.41) is 19.3. The third-order valence-corrected chi connectivity index (χ3v) is 4.34. The number of nitrogens with zero attached hydrogens (tertiary/aromatic N) is 3. The van der Waals surface area contributed by atoms with E-state index in [9.17, 15) is 8.42 Å². The SMILES string of the molecule is CS(=O)(=O)Cc1cccc(-c2cccc(-c3n[nH]nc3C#N)c2)c1. The van der Waals surface area contributed by atoms with Gasteiger partial charge in [0, 0.05) is 11.8 Å². The average Bonchev–Trinajstić information content (AvgIpc) is 3.02. The number of hydrogen-bond acceptors (Lipinski definition) is 5. The maximum Gasteiger partial charge on any atom is 0.190 e. The topological polar surface area (TPSA) is 99.5 Å². The van der Waals surface area contributed by atoms with Crippen molar-refractivity contribution in [2.45, 2.75) is 5.75 Å². The predicted molar refractivity (Wildman–Crippen MR) is 90.5 cm³/mol. The normalized spacial score (nSPS) is 11.2. The van der Waals surface area contributed by atoms with Crippen LogP contribution in [0.4, 0.5) is 0 Å². The molecule has 1 N–H and O–H groups in total. The molecule has 0 unspecified atom stereocenters. The maximum atomic E-state index is 11.5. The fourth-order valence-corrected chi connectivity index (χ4v) is 3.28. The number of benzene rings is 2. The summed E-state index contributed by atoms with van der Waals surface area (Å²) < 4.78 is 23.0. The zero-order valence-corrected chi connectivity index (χ0v) is 13.7. The summed E-state index contributed by atoms with van der Waals surface area (Å²) in [6, 6.07) is 16.9. The van der Waals surface area contributed by atoms with Gasteiger partial charge in [0.1, 0.15) is 11.8 Å². The Labute approximate surface area is 139 Å². The quantitative estimate of drug-likeness (QED) is 0.788. The van der Waals surface area contributed by atoms with E-state index >= 15 is 0 Å². The number of hydrogen-bond donors (Lipinski definition) is 1. The fraction of sp³-hybridized carbons (Fsp3) is 0.118. The molecule has 0 bridgehead atoms. The van der Waals surface area contributed by atoms with Crippen molar-refractivity contribution in [3.8, 4) is 28.5 Å². The highest BCUT2D eigenvalue weighted by molar-refractivity contribution is 7.89. The van der Waals surface area contributed by atoms with Gasteiger partial charge in [-0.1, -0.05) is 42.5 Å². The second-order valence-electron chi connectivity index (χ2n) is 5.48. The molecule has 120 valence electrons. The first-order chi connectivity index (χ1) is 11.5. The number of aromatic amines is 1. The third-order valence-electron chi connectivity index (χ3n) is 3.48. The van der Waals surface area contributed by atoms with E-state index in [-0.39, 0.29) is 11.4 Å². The number of nitriles is 1. The molecule has 0 fully saturated rings. The van der Waals surface area contributed by atoms with Crippen LogP contribution >= 0.6 is 0 Å². The Hall–Kier alpha value is -2.98. The van der Waals surface area contributed by atoms with Crippen molar-refractivity contribution in [3.63, 3.8) is 0 Å². The first-order valence-electron chi connectivity index (χ1n) is 7.14. The van der Waals surface area contributed by atoms with Crippen molar-refractivity contribution in [1.29, 1.82) is 5.26 Å². The lowest BCUT2D eigenvalue weighted by atomic mass is 10.00. The zero-order valence-electron chi connectivity index (χ0n) is 12.9.